The van der Waals surface area contributed by atoms with Crippen molar-refractivity contribution in [2.45, 2.75) is 20.2 Å². The average molecular weight is 290 g/mol. The lowest BCUT2D eigenvalue weighted by Gasteiger charge is -2.10. The second-order valence-corrected chi connectivity index (χ2v) is 3.63. The second-order valence-electron chi connectivity index (χ2n) is 3.63. The van der Waals surface area contributed by atoms with Crippen LogP contribution >= 0.6 is 0 Å². The molecule has 0 radical (unpaired) electrons. The molecule has 0 atom stereocenters. The third kappa shape index (κ3) is 6.12. The minimum absolute atomic E-state index is 0.116. The fourth-order valence-corrected chi connectivity index (χ4v) is 1.30. The molecule has 1 aromatic carbocycles. The highest BCUT2D eigenvalue weighted by atomic mass is 19.4. The Labute approximate surface area is 113 Å². The Kier molecular flexibility index (Phi) is 5.42. The summed E-state index contributed by atoms with van der Waals surface area (Å²) in [6.45, 7) is 3.35. The minimum Gasteiger partial charge on any atom is -0.463 e. The van der Waals surface area contributed by atoms with E-state index in [1.165, 1.54) is 19.1 Å². The average Bonchev–Trinajstić information content (AvgIpc) is 2.26. The van der Waals surface area contributed by atoms with Gasteiger partial charge >= 0.3 is 12.3 Å². The lowest BCUT2D eigenvalue weighted by atomic mass is 10.3. The molecule has 0 amide bonds. The zero-order chi connectivity index (χ0) is 15.2. The van der Waals surface area contributed by atoms with Crippen LogP contribution in [0, 0.1) is 0 Å². The summed E-state index contributed by atoms with van der Waals surface area (Å²) in [6, 6.07) is 4.99. The molecule has 0 heterocycles. The fourth-order valence-electron chi connectivity index (χ4n) is 1.30. The lowest BCUT2D eigenvalue weighted by molar-refractivity contribution is -0.274. The smallest absolute Gasteiger partial charge is 0.463 e. The Hall–Kier alpha value is -2.18. The number of allylic oxidation sites excluding steroid dienone is 1. The number of alkyl halides is 3. The molecule has 7 heteroatoms. The molecule has 1 rings (SSSR count). The summed E-state index contributed by atoms with van der Waals surface area (Å²) in [6.07, 6.45) is -3.67. The Morgan fingerprint density at radius 1 is 1.30 bits per heavy atom. The normalized spacial score (nSPS) is 11.9. The highest BCUT2D eigenvalue weighted by molar-refractivity contribution is 5.82. The molecule has 0 aliphatic carbocycles. The molecular formula is C13H13F3O4. The van der Waals surface area contributed by atoms with Gasteiger partial charge in [0.15, 0.2) is 0 Å². The van der Waals surface area contributed by atoms with E-state index < -0.39 is 18.1 Å². The Morgan fingerprint density at radius 2 is 1.95 bits per heavy atom. The summed E-state index contributed by atoms with van der Waals surface area (Å²) in [4.78, 5) is 11.1. The second kappa shape index (κ2) is 6.83. The first-order valence-corrected chi connectivity index (χ1v) is 5.69. The molecule has 0 fully saturated rings. The maximum Gasteiger partial charge on any atom is 0.573 e. The van der Waals surface area contributed by atoms with E-state index in [0.717, 1.165) is 18.2 Å². The summed E-state index contributed by atoms with van der Waals surface area (Å²) in [5, 5.41) is 0. The predicted octanol–water partition coefficient (Wildman–Crippen LogP) is 3.43. The maximum atomic E-state index is 12.1. The Balaban J connectivity index is 2.73. The molecule has 0 aliphatic heterocycles. The summed E-state index contributed by atoms with van der Waals surface area (Å²) < 4.78 is 49.8. The quantitative estimate of drug-likeness (QED) is 0.473. The number of hydrogen-bond acceptors (Lipinski definition) is 4. The van der Waals surface area contributed by atoms with Crippen LogP contribution < -0.4 is 9.47 Å². The summed E-state index contributed by atoms with van der Waals surface area (Å²) >= 11 is 0. The standard InChI is InChI=1S/C13H13F3O4/c1-3-18-12(17)7-9(2)19-10-5-4-6-11(8-10)20-13(14,15)16/h4-8H,3H2,1-2H3/b9-7-. The van der Waals surface area contributed by atoms with E-state index in [4.69, 9.17) is 4.74 Å². The van der Waals surface area contributed by atoms with E-state index in [1.54, 1.807) is 6.92 Å². The van der Waals surface area contributed by atoms with Gasteiger partial charge in [0.2, 0.25) is 0 Å². The first-order valence-electron chi connectivity index (χ1n) is 5.69. The molecule has 0 unspecified atom stereocenters. The highest BCUT2D eigenvalue weighted by Gasteiger charge is 2.31. The van der Waals surface area contributed by atoms with E-state index in [2.05, 4.69) is 9.47 Å². The number of esters is 1. The van der Waals surface area contributed by atoms with Crippen molar-refractivity contribution >= 4 is 5.97 Å². The summed E-state index contributed by atoms with van der Waals surface area (Å²) in [5.74, 6) is -0.691. The van der Waals surface area contributed by atoms with E-state index >= 15 is 0 Å². The number of hydrogen-bond donors (Lipinski definition) is 0. The van der Waals surface area contributed by atoms with Gasteiger partial charge < -0.3 is 14.2 Å². The van der Waals surface area contributed by atoms with Gasteiger partial charge in [0.25, 0.3) is 0 Å². The van der Waals surface area contributed by atoms with Crippen molar-refractivity contribution in [1.29, 1.82) is 0 Å². The van der Waals surface area contributed by atoms with Crippen LogP contribution in [-0.2, 0) is 9.53 Å². The van der Waals surface area contributed by atoms with Crippen LogP contribution in [0.3, 0.4) is 0 Å². The van der Waals surface area contributed by atoms with Crippen molar-refractivity contribution < 1.29 is 32.2 Å². The van der Waals surface area contributed by atoms with E-state index in [0.29, 0.717) is 0 Å². The van der Waals surface area contributed by atoms with Crippen molar-refractivity contribution in [1.82, 2.24) is 0 Å². The van der Waals surface area contributed by atoms with Crippen molar-refractivity contribution in [3.63, 3.8) is 0 Å². The van der Waals surface area contributed by atoms with Gasteiger partial charge in [-0.1, -0.05) is 6.07 Å². The van der Waals surface area contributed by atoms with Crippen LogP contribution in [-0.4, -0.2) is 18.9 Å². The van der Waals surface area contributed by atoms with Gasteiger partial charge in [0, 0.05) is 6.07 Å². The molecular weight excluding hydrogens is 277 g/mol. The van der Waals surface area contributed by atoms with Crippen LogP contribution in [0.2, 0.25) is 0 Å². The summed E-state index contributed by atoms with van der Waals surface area (Å²) in [7, 11) is 0. The van der Waals surface area contributed by atoms with E-state index in [1.807, 2.05) is 0 Å². The van der Waals surface area contributed by atoms with Crippen LogP contribution in [0.4, 0.5) is 13.2 Å². The Bertz CT molecular complexity index is 495. The van der Waals surface area contributed by atoms with Gasteiger partial charge in [-0.25, -0.2) is 4.79 Å². The van der Waals surface area contributed by atoms with Gasteiger partial charge in [-0.05, 0) is 26.0 Å². The molecule has 20 heavy (non-hydrogen) atoms. The molecule has 0 N–H and O–H groups in total. The van der Waals surface area contributed by atoms with Crippen LogP contribution in [0.25, 0.3) is 0 Å². The van der Waals surface area contributed by atoms with Gasteiger partial charge in [-0.2, -0.15) is 0 Å². The zero-order valence-corrected chi connectivity index (χ0v) is 10.9. The molecule has 0 aliphatic rings. The SMILES string of the molecule is CCOC(=O)/C=C(/C)Oc1cccc(OC(F)(F)F)c1. The first-order chi connectivity index (χ1) is 9.30. The van der Waals surface area contributed by atoms with Crippen LogP contribution in [0.5, 0.6) is 11.5 Å². The fraction of sp³-hybridized carbons (Fsp3) is 0.308. The van der Waals surface area contributed by atoms with E-state index in [-0.39, 0.29) is 18.1 Å². The largest absolute Gasteiger partial charge is 0.573 e. The topological polar surface area (TPSA) is 44.8 Å². The van der Waals surface area contributed by atoms with Gasteiger partial charge in [-0.3, -0.25) is 0 Å². The monoisotopic (exact) mass is 290 g/mol. The van der Waals surface area contributed by atoms with Crippen molar-refractivity contribution in [3.05, 3.63) is 36.1 Å². The predicted molar refractivity (Wildman–Crippen MR) is 64.1 cm³/mol. The molecule has 1 aromatic rings. The highest BCUT2D eigenvalue weighted by Crippen LogP contribution is 2.26. The molecule has 0 bridgehead atoms. The Morgan fingerprint density at radius 3 is 2.55 bits per heavy atom. The minimum atomic E-state index is -4.77. The third-order valence-electron chi connectivity index (χ3n) is 1.93. The molecule has 0 spiro atoms. The molecule has 0 saturated carbocycles. The molecule has 110 valence electrons. The van der Waals surface area contributed by atoms with Gasteiger partial charge in [0.05, 0.1) is 12.7 Å². The van der Waals surface area contributed by atoms with Crippen LogP contribution in [0.15, 0.2) is 36.1 Å². The van der Waals surface area contributed by atoms with Crippen molar-refractivity contribution in [3.8, 4) is 11.5 Å². The molecule has 0 saturated heterocycles. The van der Waals surface area contributed by atoms with Crippen LogP contribution in [0.1, 0.15) is 13.8 Å². The number of benzene rings is 1. The number of carbonyl (C=O) groups excluding carboxylic acids is 1. The number of halogens is 3. The third-order valence-corrected chi connectivity index (χ3v) is 1.93. The zero-order valence-electron chi connectivity index (χ0n) is 10.9. The van der Waals surface area contributed by atoms with E-state index in [9.17, 15) is 18.0 Å². The molecule has 0 aromatic heterocycles. The van der Waals surface area contributed by atoms with Gasteiger partial charge in [-0.15, -0.1) is 13.2 Å². The number of rotatable bonds is 5. The van der Waals surface area contributed by atoms with Gasteiger partial charge in [0.1, 0.15) is 17.3 Å². The van der Waals surface area contributed by atoms with Crippen molar-refractivity contribution in [2.75, 3.05) is 6.61 Å². The van der Waals surface area contributed by atoms with Crippen molar-refractivity contribution in [2.24, 2.45) is 0 Å². The first kappa shape index (κ1) is 15.9. The number of carbonyl (C=O) groups is 1. The lowest BCUT2D eigenvalue weighted by Crippen LogP contribution is -2.17. The molecule has 4 nitrogen and oxygen atoms in total. The number of ether oxygens (including phenoxy) is 3. The maximum absolute atomic E-state index is 12.1. The summed E-state index contributed by atoms with van der Waals surface area (Å²) in [5.41, 5.74) is 0.